The number of ether oxygens (including phenoxy) is 1. The third kappa shape index (κ3) is 3.88. The number of benzene rings is 3. The van der Waals surface area contributed by atoms with Gasteiger partial charge in [-0.25, -0.2) is 9.59 Å². The molecule has 7 heteroatoms. The fraction of sp³-hybridized carbons (Fsp3) is 0.345. The Balaban J connectivity index is 1.41. The van der Waals surface area contributed by atoms with E-state index in [2.05, 4.69) is 0 Å². The highest BCUT2D eigenvalue weighted by Crippen LogP contribution is 2.52. The summed E-state index contributed by atoms with van der Waals surface area (Å²) >= 11 is 0. The zero-order valence-electron chi connectivity index (χ0n) is 19.9. The van der Waals surface area contributed by atoms with Gasteiger partial charge < -0.3 is 14.7 Å². The zero-order chi connectivity index (χ0) is 24.8. The summed E-state index contributed by atoms with van der Waals surface area (Å²) in [6.45, 7) is -0.656. The molecule has 0 unspecified atom stereocenters. The number of carboxylic acid groups (broad SMARTS) is 1. The van der Waals surface area contributed by atoms with Crippen LogP contribution in [0.15, 0.2) is 66.7 Å². The van der Waals surface area contributed by atoms with Crippen LogP contribution in [0.5, 0.6) is 0 Å². The molecule has 2 saturated carbocycles. The van der Waals surface area contributed by atoms with Gasteiger partial charge in [0.15, 0.2) is 6.61 Å². The molecule has 1 aliphatic heterocycles. The summed E-state index contributed by atoms with van der Waals surface area (Å²) in [5, 5.41) is 11.2. The number of amides is 2. The quantitative estimate of drug-likeness (QED) is 0.524. The van der Waals surface area contributed by atoms with E-state index >= 15 is 0 Å². The molecule has 6 rings (SSSR count). The minimum atomic E-state index is -1.17. The summed E-state index contributed by atoms with van der Waals surface area (Å²) in [6, 6.07) is 21.4. The maximum atomic E-state index is 14.0. The minimum absolute atomic E-state index is 0.0324. The molecule has 3 atom stereocenters. The Bertz CT molecular complexity index is 1350. The molecule has 1 heterocycles. The molecule has 3 aromatic carbocycles. The summed E-state index contributed by atoms with van der Waals surface area (Å²) < 4.78 is 5.18. The Morgan fingerprint density at radius 3 is 2.44 bits per heavy atom. The van der Waals surface area contributed by atoms with Crippen LogP contribution in [-0.2, 0) is 9.53 Å². The fourth-order valence-corrected chi connectivity index (χ4v) is 6.14. The minimum Gasteiger partial charge on any atom is -0.479 e. The first kappa shape index (κ1) is 22.6. The lowest BCUT2D eigenvalue weighted by Crippen LogP contribution is -2.53. The van der Waals surface area contributed by atoms with Crippen molar-refractivity contribution in [3.05, 3.63) is 77.9 Å². The predicted molar refractivity (Wildman–Crippen MR) is 135 cm³/mol. The third-order valence-corrected chi connectivity index (χ3v) is 7.77. The van der Waals surface area contributed by atoms with Crippen molar-refractivity contribution in [3.63, 3.8) is 0 Å². The fourth-order valence-electron chi connectivity index (χ4n) is 6.14. The third-order valence-electron chi connectivity index (χ3n) is 7.77. The molecule has 7 nitrogen and oxygen atoms in total. The first-order chi connectivity index (χ1) is 17.5. The molecule has 36 heavy (non-hydrogen) atoms. The number of nitrogens with zero attached hydrogens (tertiary/aromatic N) is 2. The van der Waals surface area contributed by atoms with Crippen molar-refractivity contribution in [3.8, 4) is 0 Å². The number of hydrogen-bond donors (Lipinski definition) is 1. The number of carbonyl (C=O) groups is 3. The van der Waals surface area contributed by atoms with E-state index in [0.717, 1.165) is 54.1 Å². The standard InChI is InChI=1S/C29H28N2O5/c32-26(33)17-36-29(35)30(21-14-15-21)27-22-8-3-4-10-24(22)31(25-11-5-9-23(25)27)28(34)20-13-12-18-6-1-2-7-19(18)16-20/h1-4,6-8,10,12-13,16,21,23,25,27H,5,9,11,14-15,17H2,(H,32,33)/t23-,25+,27-/m0/s1. The summed E-state index contributed by atoms with van der Waals surface area (Å²) in [5.74, 6) is -1.15. The van der Waals surface area contributed by atoms with Crippen LogP contribution in [0.3, 0.4) is 0 Å². The van der Waals surface area contributed by atoms with Gasteiger partial charge in [0.1, 0.15) is 0 Å². The van der Waals surface area contributed by atoms with E-state index in [1.54, 1.807) is 4.90 Å². The van der Waals surface area contributed by atoms with Crippen LogP contribution in [0.2, 0.25) is 0 Å². The van der Waals surface area contributed by atoms with E-state index in [1.165, 1.54) is 0 Å². The van der Waals surface area contributed by atoms with Crippen molar-refractivity contribution < 1.29 is 24.2 Å². The summed E-state index contributed by atoms with van der Waals surface area (Å²) in [6.07, 6.45) is 3.87. The largest absolute Gasteiger partial charge is 0.479 e. The van der Waals surface area contributed by atoms with E-state index in [9.17, 15) is 14.4 Å². The lowest BCUT2D eigenvalue weighted by Gasteiger charge is -2.47. The summed E-state index contributed by atoms with van der Waals surface area (Å²) in [7, 11) is 0. The SMILES string of the molecule is O=C(O)COC(=O)N(C1CC1)[C@H]1c2ccccc2N(C(=O)c2ccc3ccccc3c2)[C@@H]2CCC[C@@H]21. The normalized spacial score (nSPS) is 22.6. The molecule has 0 bridgehead atoms. The summed E-state index contributed by atoms with van der Waals surface area (Å²) in [5.41, 5.74) is 2.39. The molecule has 2 fully saturated rings. The van der Waals surface area contributed by atoms with Gasteiger partial charge in [-0.1, -0.05) is 55.0 Å². The Hall–Kier alpha value is -3.87. The lowest BCUT2D eigenvalue weighted by molar-refractivity contribution is -0.140. The van der Waals surface area contributed by atoms with E-state index < -0.39 is 18.7 Å². The van der Waals surface area contributed by atoms with Gasteiger partial charge in [-0.15, -0.1) is 0 Å². The number of rotatable bonds is 5. The van der Waals surface area contributed by atoms with Crippen LogP contribution in [-0.4, -0.2) is 46.7 Å². The molecule has 184 valence electrons. The van der Waals surface area contributed by atoms with Gasteiger partial charge in [0.05, 0.1) is 6.04 Å². The van der Waals surface area contributed by atoms with Crippen molar-refractivity contribution in [2.75, 3.05) is 11.5 Å². The maximum Gasteiger partial charge on any atom is 0.411 e. The van der Waals surface area contributed by atoms with Crippen LogP contribution < -0.4 is 4.90 Å². The molecular weight excluding hydrogens is 456 g/mol. The molecular formula is C29H28N2O5. The summed E-state index contributed by atoms with van der Waals surface area (Å²) in [4.78, 5) is 42.0. The number of aliphatic carboxylic acids is 1. The highest BCUT2D eigenvalue weighted by atomic mass is 16.6. The van der Waals surface area contributed by atoms with Gasteiger partial charge in [0.2, 0.25) is 0 Å². The molecule has 2 amide bonds. The second kappa shape index (κ2) is 8.97. The molecule has 0 aromatic heterocycles. The number of anilines is 1. The molecule has 3 aliphatic rings. The lowest BCUT2D eigenvalue weighted by atomic mass is 9.81. The molecule has 0 radical (unpaired) electrons. The van der Waals surface area contributed by atoms with Crippen LogP contribution in [0.1, 0.15) is 54.1 Å². The highest BCUT2D eigenvalue weighted by Gasteiger charge is 2.52. The Kier molecular flexibility index (Phi) is 5.63. The smallest absolute Gasteiger partial charge is 0.411 e. The zero-order valence-corrected chi connectivity index (χ0v) is 19.9. The van der Waals surface area contributed by atoms with Gasteiger partial charge in [-0.05, 0) is 60.2 Å². The van der Waals surface area contributed by atoms with Crippen LogP contribution >= 0.6 is 0 Å². The van der Waals surface area contributed by atoms with E-state index in [4.69, 9.17) is 9.84 Å². The molecule has 1 N–H and O–H groups in total. The van der Waals surface area contributed by atoms with Crippen molar-refractivity contribution in [2.45, 2.75) is 50.2 Å². The van der Waals surface area contributed by atoms with Gasteiger partial charge in [0.25, 0.3) is 5.91 Å². The van der Waals surface area contributed by atoms with E-state index in [1.807, 2.05) is 71.6 Å². The van der Waals surface area contributed by atoms with Crippen molar-refractivity contribution in [1.29, 1.82) is 0 Å². The average Bonchev–Trinajstić information content (AvgIpc) is 3.62. The van der Waals surface area contributed by atoms with Gasteiger partial charge in [-0.3, -0.25) is 9.69 Å². The Morgan fingerprint density at radius 2 is 1.67 bits per heavy atom. The monoisotopic (exact) mass is 484 g/mol. The first-order valence-electron chi connectivity index (χ1n) is 12.6. The van der Waals surface area contributed by atoms with Gasteiger partial charge in [0, 0.05) is 29.3 Å². The second-order valence-electron chi connectivity index (χ2n) is 9.99. The Labute approximate surface area is 209 Å². The molecule has 0 spiro atoms. The van der Waals surface area contributed by atoms with Crippen molar-refractivity contribution in [2.24, 2.45) is 5.92 Å². The maximum absolute atomic E-state index is 14.0. The number of carboxylic acids is 1. The average molecular weight is 485 g/mol. The second-order valence-corrected chi connectivity index (χ2v) is 9.99. The number of fused-ring (bicyclic) bond motifs is 3. The molecule has 2 aliphatic carbocycles. The predicted octanol–water partition coefficient (Wildman–Crippen LogP) is 5.40. The van der Waals surface area contributed by atoms with E-state index in [0.29, 0.717) is 5.56 Å². The highest BCUT2D eigenvalue weighted by molar-refractivity contribution is 6.09. The van der Waals surface area contributed by atoms with Crippen LogP contribution in [0, 0.1) is 5.92 Å². The first-order valence-corrected chi connectivity index (χ1v) is 12.6. The van der Waals surface area contributed by atoms with Gasteiger partial charge in [-0.2, -0.15) is 0 Å². The Morgan fingerprint density at radius 1 is 0.917 bits per heavy atom. The van der Waals surface area contributed by atoms with Crippen LogP contribution in [0.25, 0.3) is 10.8 Å². The van der Waals surface area contributed by atoms with Crippen molar-refractivity contribution >= 4 is 34.4 Å². The van der Waals surface area contributed by atoms with Crippen LogP contribution in [0.4, 0.5) is 10.5 Å². The van der Waals surface area contributed by atoms with E-state index in [-0.39, 0.29) is 30.0 Å². The van der Waals surface area contributed by atoms with Gasteiger partial charge >= 0.3 is 12.1 Å². The molecule has 3 aromatic rings. The number of hydrogen-bond acceptors (Lipinski definition) is 4. The van der Waals surface area contributed by atoms with Crippen molar-refractivity contribution in [1.82, 2.24) is 4.90 Å². The molecule has 0 saturated heterocycles. The number of para-hydroxylation sites is 1. The number of carbonyl (C=O) groups excluding carboxylic acids is 2. The topological polar surface area (TPSA) is 87.2 Å².